The molecule has 23 heavy (non-hydrogen) atoms. The number of hydrogen-bond donors (Lipinski definition) is 0. The molecule has 1 aliphatic rings. The van der Waals surface area contributed by atoms with Crippen LogP contribution >= 0.6 is 11.8 Å². The Morgan fingerprint density at radius 2 is 2.22 bits per heavy atom. The number of carbonyl (C=O) groups is 1. The van der Waals surface area contributed by atoms with Crippen molar-refractivity contribution in [2.24, 2.45) is 0 Å². The first-order valence-corrected chi connectivity index (χ1v) is 8.95. The lowest BCUT2D eigenvalue weighted by molar-refractivity contribution is 0.0632. The molecular weight excluding hydrogens is 310 g/mol. The predicted octanol–water partition coefficient (Wildman–Crippen LogP) is 3.68. The number of thioether (sulfide) groups is 1. The van der Waals surface area contributed by atoms with Gasteiger partial charge in [-0.25, -0.2) is 0 Å². The van der Waals surface area contributed by atoms with E-state index in [2.05, 4.69) is 17.1 Å². The Bertz CT molecular complexity index is 686. The first-order valence-electron chi connectivity index (χ1n) is 7.97. The zero-order valence-corrected chi connectivity index (χ0v) is 14.3. The normalized spacial score (nSPS) is 18.2. The highest BCUT2D eigenvalue weighted by Gasteiger charge is 2.25. The van der Waals surface area contributed by atoms with Crippen molar-refractivity contribution >= 4 is 17.7 Å². The molecule has 122 valence electrons. The van der Waals surface area contributed by atoms with Crippen LogP contribution in [0.15, 0.2) is 33.7 Å². The smallest absolute Gasteiger partial charge is 0.255 e. The molecule has 3 rings (SSSR count). The quantitative estimate of drug-likeness (QED) is 0.800. The maximum absolute atomic E-state index is 12.9. The van der Waals surface area contributed by atoms with Crippen molar-refractivity contribution in [1.82, 2.24) is 15.0 Å². The summed E-state index contributed by atoms with van der Waals surface area (Å²) in [6.45, 7) is 4.76. The van der Waals surface area contributed by atoms with Crippen molar-refractivity contribution < 1.29 is 9.32 Å². The second-order valence-corrected chi connectivity index (χ2v) is 6.87. The van der Waals surface area contributed by atoms with Gasteiger partial charge in [0, 0.05) is 24.4 Å². The maximum atomic E-state index is 12.9. The summed E-state index contributed by atoms with van der Waals surface area (Å²) in [5.74, 6) is 1.94. The summed E-state index contributed by atoms with van der Waals surface area (Å²) in [5.41, 5.74) is 0.770. The highest BCUT2D eigenvalue weighted by molar-refractivity contribution is 7.98. The zero-order valence-electron chi connectivity index (χ0n) is 13.5. The van der Waals surface area contributed by atoms with Crippen LogP contribution in [0.5, 0.6) is 0 Å². The summed E-state index contributed by atoms with van der Waals surface area (Å²) < 4.78 is 4.99. The molecule has 1 atom stereocenters. The van der Waals surface area contributed by atoms with Gasteiger partial charge in [-0.05, 0) is 38.3 Å². The van der Waals surface area contributed by atoms with Crippen LogP contribution < -0.4 is 0 Å². The lowest BCUT2D eigenvalue weighted by atomic mass is 10.0. The van der Waals surface area contributed by atoms with Crippen LogP contribution in [0.4, 0.5) is 0 Å². The molecule has 0 N–H and O–H groups in total. The molecule has 6 heteroatoms. The molecule has 1 amide bonds. The number of aryl methyl sites for hydroxylation is 1. The molecule has 0 saturated carbocycles. The summed E-state index contributed by atoms with van der Waals surface area (Å²) in [4.78, 5) is 20.1. The number of rotatable bonds is 4. The molecule has 1 unspecified atom stereocenters. The lowest BCUT2D eigenvalue weighted by Crippen LogP contribution is -2.42. The summed E-state index contributed by atoms with van der Waals surface area (Å²) >= 11 is 1.57. The standard InChI is InChI=1S/C17H21N3O2S/c1-12-7-5-6-10-20(12)17(21)14-8-3-4-9-15(14)23-11-16-18-13(2)22-19-16/h3-4,8-9,12H,5-7,10-11H2,1-2H3. The van der Waals surface area contributed by atoms with Crippen LogP contribution in [0, 0.1) is 6.92 Å². The molecule has 0 radical (unpaired) electrons. The number of amides is 1. The van der Waals surface area contributed by atoms with E-state index in [1.165, 1.54) is 6.42 Å². The van der Waals surface area contributed by atoms with Gasteiger partial charge in [-0.3, -0.25) is 4.79 Å². The molecule has 1 saturated heterocycles. The van der Waals surface area contributed by atoms with E-state index < -0.39 is 0 Å². The number of piperidine rings is 1. The largest absolute Gasteiger partial charge is 0.340 e. The van der Waals surface area contributed by atoms with Gasteiger partial charge in [0.2, 0.25) is 5.89 Å². The summed E-state index contributed by atoms with van der Waals surface area (Å²) in [6, 6.07) is 8.09. The molecular formula is C17H21N3O2S. The number of hydrogen-bond acceptors (Lipinski definition) is 5. The fraction of sp³-hybridized carbons (Fsp3) is 0.471. The van der Waals surface area contributed by atoms with Crippen molar-refractivity contribution in [3.05, 3.63) is 41.5 Å². The molecule has 1 aromatic carbocycles. The van der Waals surface area contributed by atoms with Gasteiger partial charge in [-0.15, -0.1) is 11.8 Å². The van der Waals surface area contributed by atoms with Gasteiger partial charge in [-0.1, -0.05) is 17.3 Å². The Kier molecular flexibility index (Phi) is 5.00. The van der Waals surface area contributed by atoms with Gasteiger partial charge in [0.05, 0.1) is 11.3 Å². The van der Waals surface area contributed by atoms with E-state index in [1.807, 2.05) is 29.2 Å². The first kappa shape index (κ1) is 16.1. The van der Waals surface area contributed by atoms with E-state index >= 15 is 0 Å². The maximum Gasteiger partial charge on any atom is 0.255 e. The molecule has 2 heterocycles. The fourth-order valence-electron chi connectivity index (χ4n) is 2.87. The van der Waals surface area contributed by atoms with Crippen LogP contribution in [-0.2, 0) is 5.75 Å². The topological polar surface area (TPSA) is 59.2 Å². The third kappa shape index (κ3) is 3.75. The summed E-state index contributed by atoms with van der Waals surface area (Å²) in [7, 11) is 0. The Hall–Kier alpha value is -1.82. The molecule has 1 aromatic heterocycles. The second kappa shape index (κ2) is 7.17. The Balaban J connectivity index is 1.75. The zero-order chi connectivity index (χ0) is 16.2. The predicted molar refractivity (Wildman–Crippen MR) is 89.4 cm³/mol. The molecule has 1 aliphatic heterocycles. The second-order valence-electron chi connectivity index (χ2n) is 5.86. The van der Waals surface area contributed by atoms with E-state index in [0.717, 1.165) is 29.8 Å². The van der Waals surface area contributed by atoms with E-state index in [0.29, 0.717) is 23.5 Å². The number of nitrogens with zero attached hydrogens (tertiary/aromatic N) is 3. The average Bonchev–Trinajstić information content (AvgIpc) is 2.98. The number of aromatic nitrogens is 2. The minimum absolute atomic E-state index is 0.129. The highest BCUT2D eigenvalue weighted by atomic mass is 32.2. The minimum Gasteiger partial charge on any atom is -0.340 e. The summed E-state index contributed by atoms with van der Waals surface area (Å²) in [6.07, 6.45) is 3.38. The van der Waals surface area contributed by atoms with Crippen LogP contribution in [-0.4, -0.2) is 33.5 Å². The first-order chi connectivity index (χ1) is 11.1. The number of carbonyl (C=O) groups excluding carboxylic acids is 1. The third-order valence-electron chi connectivity index (χ3n) is 4.11. The van der Waals surface area contributed by atoms with E-state index in [4.69, 9.17) is 4.52 Å². The number of benzene rings is 1. The molecule has 2 aromatic rings. The number of likely N-dealkylation sites (tertiary alicyclic amines) is 1. The van der Waals surface area contributed by atoms with E-state index in [1.54, 1.807) is 18.7 Å². The molecule has 0 bridgehead atoms. The van der Waals surface area contributed by atoms with Crippen LogP contribution in [0.1, 0.15) is 48.3 Å². The molecule has 0 spiro atoms. The van der Waals surface area contributed by atoms with Crippen molar-refractivity contribution in [2.75, 3.05) is 6.54 Å². The third-order valence-corrected chi connectivity index (χ3v) is 5.18. The van der Waals surface area contributed by atoms with Crippen molar-refractivity contribution in [1.29, 1.82) is 0 Å². The van der Waals surface area contributed by atoms with Crippen LogP contribution in [0.3, 0.4) is 0 Å². The van der Waals surface area contributed by atoms with Crippen molar-refractivity contribution in [3.8, 4) is 0 Å². The van der Waals surface area contributed by atoms with Crippen molar-refractivity contribution in [2.45, 2.75) is 49.8 Å². The molecule has 0 aliphatic carbocycles. The Labute approximate surface area is 140 Å². The Morgan fingerprint density at radius 3 is 2.96 bits per heavy atom. The van der Waals surface area contributed by atoms with Gasteiger partial charge in [0.25, 0.3) is 5.91 Å². The van der Waals surface area contributed by atoms with Gasteiger partial charge in [0.15, 0.2) is 5.82 Å². The van der Waals surface area contributed by atoms with E-state index in [9.17, 15) is 4.79 Å². The van der Waals surface area contributed by atoms with Crippen molar-refractivity contribution in [3.63, 3.8) is 0 Å². The molecule has 1 fully saturated rings. The Morgan fingerprint density at radius 1 is 1.39 bits per heavy atom. The highest BCUT2D eigenvalue weighted by Crippen LogP contribution is 2.28. The fourth-order valence-corrected chi connectivity index (χ4v) is 3.75. The monoisotopic (exact) mass is 331 g/mol. The van der Waals surface area contributed by atoms with Crippen LogP contribution in [0.2, 0.25) is 0 Å². The summed E-state index contributed by atoms with van der Waals surface area (Å²) in [5, 5.41) is 3.90. The van der Waals surface area contributed by atoms with Gasteiger partial charge >= 0.3 is 0 Å². The lowest BCUT2D eigenvalue weighted by Gasteiger charge is -2.33. The molecule has 5 nitrogen and oxygen atoms in total. The van der Waals surface area contributed by atoms with E-state index in [-0.39, 0.29) is 5.91 Å². The van der Waals surface area contributed by atoms with Gasteiger partial charge in [0.1, 0.15) is 0 Å². The van der Waals surface area contributed by atoms with Crippen LogP contribution in [0.25, 0.3) is 0 Å². The SMILES string of the molecule is Cc1nc(CSc2ccccc2C(=O)N2CCCCC2C)no1. The van der Waals surface area contributed by atoms with Gasteiger partial charge in [-0.2, -0.15) is 4.98 Å². The average molecular weight is 331 g/mol. The van der Waals surface area contributed by atoms with Gasteiger partial charge < -0.3 is 9.42 Å². The minimum atomic E-state index is 0.129.